The van der Waals surface area contributed by atoms with E-state index in [4.69, 9.17) is 19.2 Å². The van der Waals surface area contributed by atoms with Gasteiger partial charge in [0, 0.05) is 0 Å². The highest BCUT2D eigenvalue weighted by Gasteiger charge is 2.00. The average Bonchev–Trinajstić information content (AvgIpc) is 2.41. The molecule has 21 heavy (non-hydrogen) atoms. The van der Waals surface area contributed by atoms with E-state index < -0.39 is 7.82 Å². The van der Waals surface area contributed by atoms with E-state index in [1.807, 2.05) is 0 Å². The van der Waals surface area contributed by atoms with Crippen LogP contribution in [0.2, 0.25) is 0 Å². The van der Waals surface area contributed by atoms with Crippen molar-refractivity contribution in [2.24, 2.45) is 0 Å². The minimum atomic E-state index is -4.64. The molecule has 0 radical (unpaired) electrons. The van der Waals surface area contributed by atoms with Gasteiger partial charge in [-0.2, -0.15) is 0 Å². The Labute approximate surface area is 128 Å². The summed E-state index contributed by atoms with van der Waals surface area (Å²) in [5.74, 6) is 0. The molecule has 0 spiro atoms. The SMILES string of the molecule is CCCCCCCCCCc1ccccc1.O=P(O)(O)O. The molecule has 0 unspecified atom stereocenters. The van der Waals surface area contributed by atoms with Crippen LogP contribution in [-0.4, -0.2) is 14.7 Å². The van der Waals surface area contributed by atoms with Crippen LogP contribution in [0.3, 0.4) is 0 Å². The lowest BCUT2D eigenvalue weighted by molar-refractivity contribution is 0.275. The Hall–Kier alpha value is -0.670. The van der Waals surface area contributed by atoms with Gasteiger partial charge in [-0.15, -0.1) is 0 Å². The molecule has 0 aliphatic carbocycles. The van der Waals surface area contributed by atoms with Gasteiger partial charge in [-0.3, -0.25) is 0 Å². The Bertz CT molecular complexity index is 367. The maximum atomic E-state index is 8.88. The van der Waals surface area contributed by atoms with Gasteiger partial charge in [0.15, 0.2) is 0 Å². The Morgan fingerprint density at radius 1 is 0.810 bits per heavy atom. The van der Waals surface area contributed by atoms with Crippen molar-refractivity contribution in [1.82, 2.24) is 0 Å². The zero-order valence-corrected chi connectivity index (χ0v) is 13.8. The van der Waals surface area contributed by atoms with Crippen molar-refractivity contribution in [2.45, 2.75) is 64.7 Å². The van der Waals surface area contributed by atoms with Crippen LogP contribution in [0.25, 0.3) is 0 Å². The lowest BCUT2D eigenvalue weighted by atomic mass is 10.0. The summed E-state index contributed by atoms with van der Waals surface area (Å²) in [6.07, 6.45) is 12.5. The fourth-order valence-corrected chi connectivity index (χ4v) is 2.11. The summed E-state index contributed by atoms with van der Waals surface area (Å²) < 4.78 is 8.88. The van der Waals surface area contributed by atoms with Gasteiger partial charge < -0.3 is 14.7 Å². The maximum Gasteiger partial charge on any atom is 0.466 e. The summed E-state index contributed by atoms with van der Waals surface area (Å²) in [5.41, 5.74) is 1.49. The molecule has 0 bridgehead atoms. The molecule has 3 N–H and O–H groups in total. The van der Waals surface area contributed by atoms with Crippen LogP contribution in [0.1, 0.15) is 63.9 Å². The second-order valence-electron chi connectivity index (χ2n) is 5.22. The van der Waals surface area contributed by atoms with Crippen LogP contribution in [0.15, 0.2) is 30.3 Å². The third-order valence-electron chi connectivity index (χ3n) is 3.16. The third-order valence-corrected chi connectivity index (χ3v) is 3.16. The summed E-state index contributed by atoms with van der Waals surface area (Å²) >= 11 is 0. The molecule has 1 aromatic carbocycles. The number of rotatable bonds is 9. The highest BCUT2D eigenvalue weighted by Crippen LogP contribution is 2.25. The normalized spacial score (nSPS) is 10.9. The average molecular weight is 316 g/mol. The number of benzene rings is 1. The first kappa shape index (κ1) is 20.3. The van der Waals surface area contributed by atoms with E-state index in [1.165, 1.54) is 63.4 Å². The first-order valence-corrected chi connectivity index (χ1v) is 9.32. The predicted molar refractivity (Wildman–Crippen MR) is 87.0 cm³/mol. The summed E-state index contributed by atoms with van der Waals surface area (Å²) in [5, 5.41) is 0. The minimum absolute atomic E-state index is 1.26. The van der Waals surface area contributed by atoms with Gasteiger partial charge in [-0.05, 0) is 18.4 Å². The van der Waals surface area contributed by atoms with Crippen LogP contribution in [0.4, 0.5) is 0 Å². The molecule has 1 aromatic rings. The highest BCUT2D eigenvalue weighted by atomic mass is 31.2. The summed E-state index contributed by atoms with van der Waals surface area (Å²) in [4.78, 5) is 21.6. The molecule has 0 aliphatic heterocycles. The van der Waals surface area contributed by atoms with Crippen molar-refractivity contribution in [3.8, 4) is 0 Å². The lowest BCUT2D eigenvalue weighted by Crippen LogP contribution is -1.85. The molecule has 0 atom stereocenters. The van der Waals surface area contributed by atoms with Crippen molar-refractivity contribution in [2.75, 3.05) is 0 Å². The molecule has 5 heteroatoms. The molecule has 0 saturated heterocycles. The molecule has 0 heterocycles. The van der Waals surface area contributed by atoms with E-state index in [1.54, 1.807) is 0 Å². The van der Waals surface area contributed by atoms with Gasteiger partial charge in [-0.25, -0.2) is 4.57 Å². The van der Waals surface area contributed by atoms with Crippen molar-refractivity contribution >= 4 is 7.82 Å². The number of unbranched alkanes of at least 4 members (excludes halogenated alkanes) is 7. The van der Waals surface area contributed by atoms with Gasteiger partial charge in [0.25, 0.3) is 0 Å². The van der Waals surface area contributed by atoms with Crippen LogP contribution < -0.4 is 0 Å². The smallest absolute Gasteiger partial charge is 0.303 e. The molecule has 0 amide bonds. The second-order valence-corrected chi connectivity index (χ2v) is 6.25. The van der Waals surface area contributed by atoms with Gasteiger partial charge in [0.2, 0.25) is 0 Å². The van der Waals surface area contributed by atoms with E-state index >= 15 is 0 Å². The number of phosphoric acid groups is 1. The zero-order chi connectivity index (χ0) is 16.0. The van der Waals surface area contributed by atoms with Gasteiger partial charge >= 0.3 is 7.82 Å². The zero-order valence-electron chi connectivity index (χ0n) is 12.9. The number of aryl methyl sites for hydroxylation is 1. The molecule has 122 valence electrons. The maximum absolute atomic E-state index is 8.88. The molecule has 0 saturated carbocycles. The number of hydrogen-bond donors (Lipinski definition) is 3. The van der Waals surface area contributed by atoms with Crippen LogP contribution in [0.5, 0.6) is 0 Å². The van der Waals surface area contributed by atoms with Gasteiger partial charge in [-0.1, -0.05) is 82.2 Å². The monoisotopic (exact) mass is 316 g/mol. The van der Waals surface area contributed by atoms with Crippen molar-refractivity contribution < 1.29 is 19.2 Å². The van der Waals surface area contributed by atoms with Crippen LogP contribution >= 0.6 is 7.82 Å². The van der Waals surface area contributed by atoms with Crippen LogP contribution in [-0.2, 0) is 11.0 Å². The first-order chi connectivity index (χ1) is 9.93. The fraction of sp³-hybridized carbons (Fsp3) is 0.625. The molecule has 0 aliphatic rings. The lowest BCUT2D eigenvalue weighted by Gasteiger charge is -2.02. The van der Waals surface area contributed by atoms with E-state index in [9.17, 15) is 0 Å². The van der Waals surface area contributed by atoms with E-state index in [2.05, 4.69) is 37.3 Å². The van der Waals surface area contributed by atoms with Gasteiger partial charge in [0.1, 0.15) is 0 Å². The highest BCUT2D eigenvalue weighted by molar-refractivity contribution is 7.45. The first-order valence-electron chi connectivity index (χ1n) is 7.75. The van der Waals surface area contributed by atoms with Crippen molar-refractivity contribution in [1.29, 1.82) is 0 Å². The van der Waals surface area contributed by atoms with Crippen LogP contribution in [0, 0.1) is 0 Å². The van der Waals surface area contributed by atoms with E-state index in [0.717, 1.165) is 0 Å². The third kappa shape index (κ3) is 19.3. The molecule has 0 aromatic heterocycles. The summed E-state index contributed by atoms with van der Waals surface area (Å²) in [6, 6.07) is 10.8. The molecule has 4 nitrogen and oxygen atoms in total. The summed E-state index contributed by atoms with van der Waals surface area (Å²) in [6.45, 7) is 2.28. The van der Waals surface area contributed by atoms with Gasteiger partial charge in [0.05, 0.1) is 0 Å². The Kier molecular flexibility index (Phi) is 12.6. The molecule has 0 fully saturated rings. The minimum Gasteiger partial charge on any atom is -0.303 e. The van der Waals surface area contributed by atoms with Crippen molar-refractivity contribution in [3.63, 3.8) is 0 Å². The quantitative estimate of drug-likeness (QED) is 0.465. The molecule has 1 rings (SSSR count). The second kappa shape index (κ2) is 13.0. The standard InChI is InChI=1S/C16H26.H3O4P/c1-2-3-4-5-6-7-8-10-13-16-14-11-9-12-15-16;1-5(2,3)4/h9,11-12,14-15H,2-8,10,13H2,1H3;(H3,1,2,3,4). The Balaban J connectivity index is 0.000000690. The Morgan fingerprint density at radius 3 is 1.71 bits per heavy atom. The topological polar surface area (TPSA) is 77.8 Å². The fourth-order valence-electron chi connectivity index (χ4n) is 2.11. The largest absolute Gasteiger partial charge is 0.466 e. The summed E-state index contributed by atoms with van der Waals surface area (Å²) in [7, 11) is -4.64. The van der Waals surface area contributed by atoms with E-state index in [-0.39, 0.29) is 0 Å². The Morgan fingerprint density at radius 2 is 1.24 bits per heavy atom. The van der Waals surface area contributed by atoms with E-state index in [0.29, 0.717) is 0 Å². The number of hydrogen-bond acceptors (Lipinski definition) is 1. The molecular weight excluding hydrogens is 287 g/mol. The molecular formula is C16H29O4P. The predicted octanol–water partition coefficient (Wildman–Crippen LogP) is 4.44. The van der Waals surface area contributed by atoms with Crippen molar-refractivity contribution in [3.05, 3.63) is 35.9 Å².